The minimum atomic E-state index is -3.57. The molecule has 0 spiro atoms. The minimum absolute atomic E-state index is 0.0925. The van der Waals surface area contributed by atoms with E-state index in [1.807, 2.05) is 34.8 Å². The Morgan fingerprint density at radius 2 is 1.71 bits per heavy atom. The van der Waals surface area contributed by atoms with Gasteiger partial charge < -0.3 is 15.1 Å². The van der Waals surface area contributed by atoms with Crippen LogP contribution in [0.3, 0.4) is 0 Å². The van der Waals surface area contributed by atoms with Gasteiger partial charge in [0, 0.05) is 87.7 Å². The molecule has 8 heterocycles. The second-order valence-corrected chi connectivity index (χ2v) is 18.4. The highest BCUT2D eigenvalue weighted by molar-refractivity contribution is 7.90. The van der Waals surface area contributed by atoms with Gasteiger partial charge in [0.1, 0.15) is 23.5 Å². The van der Waals surface area contributed by atoms with E-state index in [0.29, 0.717) is 77.7 Å². The monoisotopic (exact) mass is 887 g/mol. The molecule has 2 N–H and O–H groups in total. The molecule has 4 fully saturated rings. The van der Waals surface area contributed by atoms with Crippen molar-refractivity contribution in [2.75, 3.05) is 60.7 Å². The maximum absolute atomic E-state index is 15.9. The van der Waals surface area contributed by atoms with Gasteiger partial charge in [-0.05, 0) is 70.1 Å². The average molecular weight is 888 g/mol. The second-order valence-electron chi connectivity index (χ2n) is 16.3. The molecule has 1 aliphatic carbocycles. The Balaban J connectivity index is 0.850. The highest BCUT2D eigenvalue weighted by Gasteiger charge is 2.46. The van der Waals surface area contributed by atoms with Crippen molar-refractivity contribution in [1.29, 1.82) is 0 Å². The van der Waals surface area contributed by atoms with Crippen LogP contribution < -0.4 is 20.4 Å². The van der Waals surface area contributed by atoms with Crippen LogP contribution >= 0.6 is 0 Å². The number of imide groups is 2. The van der Waals surface area contributed by atoms with Gasteiger partial charge in [0.05, 0.1) is 50.7 Å². The number of fused-ring (bicyclic) bond motifs is 2. The minimum Gasteiger partial charge on any atom is -0.369 e. The first-order chi connectivity index (χ1) is 33.3. The first-order valence-electron chi connectivity index (χ1n) is 24.5. The average Bonchev–Trinajstić information content (AvgIpc) is 3.84. The van der Waals surface area contributed by atoms with Gasteiger partial charge in [-0.1, -0.05) is 0 Å². The lowest BCUT2D eigenvalue weighted by atomic mass is 9.95. The van der Waals surface area contributed by atoms with Crippen molar-refractivity contribution in [1.82, 2.24) is 49.0 Å². The van der Waals surface area contributed by atoms with E-state index in [0.717, 1.165) is 21.1 Å². The van der Waals surface area contributed by atoms with Gasteiger partial charge in [-0.15, -0.1) is 0 Å². The van der Waals surface area contributed by atoms with Gasteiger partial charge in [0.25, 0.3) is 21.8 Å². The number of benzene rings is 1. The van der Waals surface area contributed by atoms with Crippen LogP contribution in [0.2, 0.25) is 0 Å². The molecule has 10 rings (SSSR count). The SMILES string of the molecule is [2H]C1([2H])N(CC2CCN(c3nn(C(C)C)c4cc(Nc5ccnc(-c6cnn(S(=O)(=O)C7CC7)c6)n5)ncc34)CC2)C([2H])([2H])C([2H])([2H])N(c2cc(F)c3c(c2)C(=O)N(C2CCC(=O)NC2=O)C3=O)C1([2H])[2H]. The first kappa shape index (κ1) is 32.3. The molecule has 63 heavy (non-hydrogen) atoms. The summed E-state index contributed by atoms with van der Waals surface area (Å²) in [4.78, 5) is 67.9. The van der Waals surface area contributed by atoms with Crippen LogP contribution in [0.1, 0.15) is 90.1 Å². The van der Waals surface area contributed by atoms with E-state index >= 15 is 4.39 Å². The van der Waals surface area contributed by atoms with Crippen molar-refractivity contribution in [3.8, 4) is 11.4 Å². The number of piperidine rings is 2. The molecule has 5 aromatic rings. The van der Waals surface area contributed by atoms with Gasteiger partial charge in [0.15, 0.2) is 11.6 Å². The maximum atomic E-state index is 15.9. The number of anilines is 4. The molecule has 0 bridgehead atoms. The van der Waals surface area contributed by atoms with Crippen molar-refractivity contribution in [3.05, 3.63) is 66.0 Å². The molecule has 0 radical (unpaired) electrons. The van der Waals surface area contributed by atoms with Crippen LogP contribution in [0, 0.1) is 11.7 Å². The highest BCUT2D eigenvalue weighted by atomic mass is 32.2. The summed E-state index contributed by atoms with van der Waals surface area (Å²) in [7, 11) is -3.57. The fourth-order valence-electron chi connectivity index (χ4n) is 8.23. The Labute approximate surface area is 372 Å². The molecule has 3 saturated heterocycles. The topological polar surface area (TPSA) is 214 Å². The number of nitrogens with one attached hydrogen (secondary N) is 2. The highest BCUT2D eigenvalue weighted by Crippen LogP contribution is 2.36. The van der Waals surface area contributed by atoms with E-state index in [1.165, 1.54) is 18.6 Å². The summed E-state index contributed by atoms with van der Waals surface area (Å²) in [5, 5.41) is 14.5. The number of carbonyl (C=O) groups is 4. The maximum Gasteiger partial charge on any atom is 0.265 e. The van der Waals surface area contributed by atoms with E-state index in [1.54, 1.807) is 12.3 Å². The summed E-state index contributed by atoms with van der Waals surface area (Å²) in [5.74, 6) is -4.16. The predicted octanol–water partition coefficient (Wildman–Crippen LogP) is 3.33. The number of rotatable bonds is 11. The lowest BCUT2D eigenvalue weighted by molar-refractivity contribution is -0.136. The smallest absolute Gasteiger partial charge is 0.265 e. The molecule has 4 amide bonds. The Kier molecular flexibility index (Phi) is 8.10. The van der Waals surface area contributed by atoms with E-state index in [-0.39, 0.29) is 29.6 Å². The summed E-state index contributed by atoms with van der Waals surface area (Å²) in [6.45, 7) is -9.19. The Hall–Kier alpha value is -6.35. The number of hydrogen-bond donors (Lipinski definition) is 2. The molecule has 1 unspecified atom stereocenters. The fourth-order valence-corrected chi connectivity index (χ4v) is 9.71. The third-order valence-corrected chi connectivity index (χ3v) is 13.7. The molecule has 5 aliphatic rings. The zero-order chi connectivity index (χ0) is 50.9. The van der Waals surface area contributed by atoms with Crippen LogP contribution in [0.5, 0.6) is 0 Å². The molecular weight excluding hydrogens is 834 g/mol. The molecule has 1 saturated carbocycles. The van der Waals surface area contributed by atoms with E-state index in [2.05, 4.69) is 25.4 Å². The Bertz CT molecular complexity index is 3150. The van der Waals surface area contributed by atoms with Crippen LogP contribution in [-0.4, -0.2) is 133 Å². The molecule has 1 aromatic carbocycles. The summed E-state index contributed by atoms with van der Waals surface area (Å²) in [6, 6.07) is 3.21. The molecule has 328 valence electrons. The summed E-state index contributed by atoms with van der Waals surface area (Å²) >= 11 is 0. The van der Waals surface area contributed by atoms with Crippen LogP contribution in [0.4, 0.5) is 27.5 Å². The summed E-state index contributed by atoms with van der Waals surface area (Å²) < 4.78 is 117. The van der Waals surface area contributed by atoms with Crippen LogP contribution in [-0.2, 0) is 19.6 Å². The van der Waals surface area contributed by atoms with Crippen molar-refractivity contribution in [3.63, 3.8) is 0 Å². The third-order valence-electron chi connectivity index (χ3n) is 11.7. The molecule has 21 heteroatoms. The van der Waals surface area contributed by atoms with E-state index < -0.39 is 106 Å². The molecular formula is C42H46FN13O6S. The summed E-state index contributed by atoms with van der Waals surface area (Å²) in [6.07, 6.45) is 7.41. The lowest BCUT2D eigenvalue weighted by Gasteiger charge is -2.39. The van der Waals surface area contributed by atoms with Gasteiger partial charge in [-0.3, -0.25) is 39.0 Å². The fraction of sp³-hybridized carbons (Fsp3) is 0.452. The van der Waals surface area contributed by atoms with Gasteiger partial charge in [-0.2, -0.15) is 14.3 Å². The van der Waals surface area contributed by atoms with Crippen molar-refractivity contribution in [2.24, 2.45) is 5.92 Å². The number of aromatic nitrogens is 7. The van der Waals surface area contributed by atoms with Crippen LogP contribution in [0.15, 0.2) is 49.1 Å². The number of pyridine rings is 1. The predicted molar refractivity (Wildman–Crippen MR) is 228 cm³/mol. The second kappa shape index (κ2) is 15.8. The zero-order valence-electron chi connectivity index (χ0n) is 41.9. The lowest BCUT2D eigenvalue weighted by Crippen LogP contribution is -2.54. The number of halogens is 1. The van der Waals surface area contributed by atoms with Crippen molar-refractivity contribution in [2.45, 2.75) is 69.7 Å². The molecule has 4 aromatic heterocycles. The number of piperazine rings is 1. The number of carbonyl (C=O) groups excluding carboxylic acids is 4. The Morgan fingerprint density at radius 1 is 0.937 bits per heavy atom. The van der Waals surface area contributed by atoms with Gasteiger partial charge >= 0.3 is 0 Å². The number of hydrogen-bond acceptors (Lipinski definition) is 15. The van der Waals surface area contributed by atoms with Gasteiger partial charge in [0.2, 0.25) is 11.8 Å². The van der Waals surface area contributed by atoms with E-state index in [4.69, 9.17) is 16.1 Å². The van der Waals surface area contributed by atoms with E-state index in [9.17, 15) is 27.6 Å². The number of nitrogens with zero attached hydrogens (tertiary/aromatic N) is 11. The summed E-state index contributed by atoms with van der Waals surface area (Å²) in [5.41, 5.74) is -1.06. The quantitative estimate of drug-likeness (QED) is 0.182. The first-order valence-corrected chi connectivity index (χ1v) is 22.0. The largest absolute Gasteiger partial charge is 0.369 e. The zero-order valence-corrected chi connectivity index (χ0v) is 34.8. The standard InChI is InChI=1S/C42H46FN13O6S/c1-24(2)56-33-19-35(47-34-7-10-44-38(48-34)26-20-46-54(23-26)63(61,62)28-3-4-28)45-21-30(33)39(50-56)53-11-8-25(9-12-53)22-51-13-15-52(16-14-51)27-17-29-37(31(43)18-27)42(60)55(41(29)59)32-5-6-36(57)49-40(32)58/h7,10,17-21,23-25,28,32H,3-6,8-9,11-16,22H2,1-2H3,(H,49,57,58)(H,44,45,47,48)/i13D2,14D2,15D2,16D2. The Morgan fingerprint density at radius 3 is 2.44 bits per heavy atom. The van der Waals surface area contributed by atoms with Crippen molar-refractivity contribution >= 4 is 67.7 Å². The molecule has 1 atom stereocenters. The van der Waals surface area contributed by atoms with Crippen molar-refractivity contribution < 1.29 is 43.0 Å². The third kappa shape index (κ3) is 7.55. The van der Waals surface area contributed by atoms with Gasteiger partial charge in [-0.25, -0.2) is 27.8 Å². The molecule has 4 aliphatic heterocycles. The normalized spacial score (nSPS) is 25.4. The molecule has 19 nitrogen and oxygen atoms in total. The number of amides is 4. The van der Waals surface area contributed by atoms with Crippen LogP contribution in [0.25, 0.3) is 22.3 Å².